The number of halogens is 1. The Morgan fingerprint density at radius 1 is 1.07 bits per heavy atom. The number of fused-ring (bicyclic) bond motifs is 3. The number of carboxylic acids is 1. The zero-order valence-corrected chi connectivity index (χ0v) is 17.4. The fourth-order valence-electron chi connectivity index (χ4n) is 3.65. The molecule has 3 rings (SSSR count). The molecule has 0 fully saturated rings. The van der Waals surface area contributed by atoms with Crippen LogP contribution < -0.4 is 5.32 Å². The van der Waals surface area contributed by atoms with Crippen molar-refractivity contribution in [3.63, 3.8) is 0 Å². The van der Waals surface area contributed by atoms with E-state index in [4.69, 9.17) is 4.74 Å². The van der Waals surface area contributed by atoms with Gasteiger partial charge in [-0.2, -0.15) is 0 Å². The molecule has 0 saturated heterocycles. The van der Waals surface area contributed by atoms with E-state index in [0.29, 0.717) is 12.8 Å². The van der Waals surface area contributed by atoms with E-state index in [-0.39, 0.29) is 24.9 Å². The fourth-order valence-corrected chi connectivity index (χ4v) is 3.65. The topological polar surface area (TPSA) is 78.9 Å². The molecule has 0 aromatic heterocycles. The van der Waals surface area contributed by atoms with Gasteiger partial charge in [0.15, 0.2) is 0 Å². The number of carbonyl (C=O) groups excluding carboxylic acids is 1. The van der Waals surface area contributed by atoms with Crippen LogP contribution in [-0.2, 0) is 9.53 Å². The number of amides is 1. The molecule has 0 aliphatic heterocycles. The summed E-state index contributed by atoms with van der Waals surface area (Å²) in [5, 5.41) is 11.8. The summed E-state index contributed by atoms with van der Waals surface area (Å²) >= 11 is 0. The molecule has 1 atom stereocenters. The largest absolute Gasteiger partial charge is 0.480 e. The van der Waals surface area contributed by atoms with Crippen molar-refractivity contribution in [2.24, 2.45) is 0 Å². The molecule has 2 N–H and O–H groups in total. The molecule has 2 aromatic carbocycles. The van der Waals surface area contributed by atoms with Crippen LogP contribution in [0.1, 0.15) is 29.9 Å². The Hall–Kier alpha value is -2.57. The van der Waals surface area contributed by atoms with Crippen molar-refractivity contribution in [1.82, 2.24) is 10.2 Å². The number of hydrogen-bond acceptors (Lipinski definition) is 4. The summed E-state index contributed by atoms with van der Waals surface area (Å²) in [5.41, 5.74) is 4.55. The van der Waals surface area contributed by atoms with Gasteiger partial charge in [-0.1, -0.05) is 48.5 Å². The van der Waals surface area contributed by atoms with Gasteiger partial charge in [0.25, 0.3) is 0 Å². The molecule has 0 spiro atoms. The summed E-state index contributed by atoms with van der Waals surface area (Å²) in [5.74, 6) is -1.09. The molecule has 1 amide bonds. The van der Waals surface area contributed by atoms with Gasteiger partial charge in [0.05, 0.1) is 0 Å². The fraction of sp³-hybridized carbons (Fsp3) is 0.364. The number of carboxylic acid groups (broad SMARTS) is 1. The number of alkyl carbamates (subject to hydrolysis) is 1. The highest BCUT2D eigenvalue weighted by atomic mass is 35.5. The van der Waals surface area contributed by atoms with Crippen molar-refractivity contribution >= 4 is 24.5 Å². The lowest BCUT2D eigenvalue weighted by atomic mass is 9.98. The van der Waals surface area contributed by atoms with Gasteiger partial charge in [0.1, 0.15) is 12.6 Å². The Kier molecular flexibility index (Phi) is 8.05. The van der Waals surface area contributed by atoms with E-state index in [0.717, 1.165) is 28.8 Å². The van der Waals surface area contributed by atoms with Crippen LogP contribution in [0.5, 0.6) is 0 Å². The van der Waals surface area contributed by atoms with Crippen molar-refractivity contribution in [2.75, 3.05) is 27.2 Å². The summed E-state index contributed by atoms with van der Waals surface area (Å²) in [6.07, 6.45) is 0.338. The van der Waals surface area contributed by atoms with Crippen LogP contribution in [0.2, 0.25) is 0 Å². The molecule has 0 heterocycles. The standard InChI is InChI=1S/C22H26N2O4.ClH/c1-24(2)13-7-12-20(21(25)26)23-22(27)28-14-19-17-10-5-3-8-15(17)16-9-4-6-11-18(16)19;/h3-6,8-11,19-20H,7,12-14H2,1-2H3,(H,23,27)(H,25,26);1H/t20-;/m1./s1. The molecule has 1 aliphatic rings. The second kappa shape index (κ2) is 10.3. The lowest BCUT2D eigenvalue weighted by molar-refractivity contribution is -0.139. The third kappa shape index (κ3) is 5.49. The van der Waals surface area contributed by atoms with Crippen molar-refractivity contribution < 1.29 is 19.4 Å². The molecule has 7 heteroatoms. The monoisotopic (exact) mass is 418 g/mol. The Bertz CT molecular complexity index is 811. The number of nitrogens with zero attached hydrogens (tertiary/aromatic N) is 1. The summed E-state index contributed by atoms with van der Waals surface area (Å²) in [6, 6.07) is 15.2. The number of carbonyl (C=O) groups is 2. The van der Waals surface area contributed by atoms with E-state index in [1.54, 1.807) is 0 Å². The summed E-state index contributed by atoms with van der Waals surface area (Å²) in [6.45, 7) is 0.931. The summed E-state index contributed by atoms with van der Waals surface area (Å²) in [7, 11) is 3.85. The molecule has 29 heavy (non-hydrogen) atoms. The normalized spacial score (nSPS) is 13.2. The maximum absolute atomic E-state index is 12.2. The highest BCUT2D eigenvalue weighted by molar-refractivity contribution is 5.85. The van der Waals surface area contributed by atoms with Gasteiger partial charge in [0, 0.05) is 5.92 Å². The lowest BCUT2D eigenvalue weighted by Crippen LogP contribution is -2.41. The molecule has 156 valence electrons. The van der Waals surface area contributed by atoms with E-state index in [2.05, 4.69) is 17.4 Å². The molecular formula is C22H27ClN2O4. The molecule has 0 radical (unpaired) electrons. The van der Waals surface area contributed by atoms with Crippen LogP contribution in [-0.4, -0.2) is 55.4 Å². The van der Waals surface area contributed by atoms with Crippen molar-refractivity contribution in [3.8, 4) is 11.1 Å². The first kappa shape index (κ1) is 22.7. The maximum atomic E-state index is 12.2. The number of hydrogen-bond donors (Lipinski definition) is 2. The van der Waals surface area contributed by atoms with E-state index >= 15 is 0 Å². The summed E-state index contributed by atoms with van der Waals surface area (Å²) in [4.78, 5) is 25.6. The predicted molar refractivity (Wildman–Crippen MR) is 115 cm³/mol. The third-order valence-electron chi connectivity index (χ3n) is 5.03. The van der Waals surface area contributed by atoms with Crippen LogP contribution in [0.25, 0.3) is 11.1 Å². The number of aliphatic carboxylic acids is 1. The zero-order valence-electron chi connectivity index (χ0n) is 16.6. The number of ether oxygens (including phenoxy) is 1. The van der Waals surface area contributed by atoms with Gasteiger partial charge < -0.3 is 20.1 Å². The van der Waals surface area contributed by atoms with Gasteiger partial charge in [-0.05, 0) is 55.7 Å². The second-order valence-corrected chi connectivity index (χ2v) is 7.31. The highest BCUT2D eigenvalue weighted by Gasteiger charge is 2.29. The molecule has 0 unspecified atom stereocenters. The lowest BCUT2D eigenvalue weighted by Gasteiger charge is -2.18. The maximum Gasteiger partial charge on any atom is 0.407 e. The Morgan fingerprint density at radius 2 is 1.62 bits per heavy atom. The third-order valence-corrected chi connectivity index (χ3v) is 5.03. The minimum Gasteiger partial charge on any atom is -0.480 e. The molecule has 0 saturated carbocycles. The van der Waals surface area contributed by atoms with Gasteiger partial charge in [-0.15, -0.1) is 12.4 Å². The van der Waals surface area contributed by atoms with Crippen molar-refractivity contribution in [2.45, 2.75) is 24.8 Å². The van der Waals surface area contributed by atoms with Gasteiger partial charge in [-0.3, -0.25) is 0 Å². The van der Waals surface area contributed by atoms with Crippen LogP contribution in [0.3, 0.4) is 0 Å². The van der Waals surface area contributed by atoms with E-state index in [1.807, 2.05) is 55.4 Å². The van der Waals surface area contributed by atoms with Gasteiger partial charge >= 0.3 is 12.1 Å². The first-order chi connectivity index (χ1) is 13.5. The Balaban J connectivity index is 0.00000300. The average Bonchev–Trinajstić information content (AvgIpc) is 2.99. The van der Waals surface area contributed by atoms with Crippen molar-refractivity contribution in [3.05, 3.63) is 59.7 Å². The Labute approximate surface area is 177 Å². The van der Waals surface area contributed by atoms with Crippen LogP contribution in [0.4, 0.5) is 4.79 Å². The van der Waals surface area contributed by atoms with Crippen molar-refractivity contribution in [1.29, 1.82) is 0 Å². The quantitative estimate of drug-likeness (QED) is 0.682. The number of rotatable bonds is 8. The number of nitrogens with one attached hydrogen (secondary N) is 1. The molecule has 1 aliphatic carbocycles. The zero-order chi connectivity index (χ0) is 20.1. The molecule has 6 nitrogen and oxygen atoms in total. The number of benzene rings is 2. The van der Waals surface area contributed by atoms with Gasteiger partial charge in [-0.25, -0.2) is 9.59 Å². The van der Waals surface area contributed by atoms with E-state index in [9.17, 15) is 14.7 Å². The minimum atomic E-state index is -1.05. The van der Waals surface area contributed by atoms with Crippen LogP contribution in [0.15, 0.2) is 48.5 Å². The van der Waals surface area contributed by atoms with Crippen LogP contribution in [0, 0.1) is 0 Å². The first-order valence-corrected chi connectivity index (χ1v) is 9.46. The minimum absolute atomic E-state index is 0. The molecule has 2 aromatic rings. The highest BCUT2D eigenvalue weighted by Crippen LogP contribution is 2.44. The Morgan fingerprint density at radius 3 is 2.14 bits per heavy atom. The average molecular weight is 419 g/mol. The molecule has 0 bridgehead atoms. The SMILES string of the molecule is CN(C)CCC[C@@H](NC(=O)OCC1c2ccccc2-c2ccccc21)C(=O)O.Cl. The van der Waals surface area contributed by atoms with Crippen LogP contribution >= 0.6 is 12.4 Å². The van der Waals surface area contributed by atoms with E-state index < -0.39 is 18.1 Å². The molecular weight excluding hydrogens is 392 g/mol. The predicted octanol–water partition coefficient (Wildman–Crippen LogP) is 3.74. The van der Waals surface area contributed by atoms with E-state index in [1.165, 1.54) is 0 Å². The summed E-state index contributed by atoms with van der Waals surface area (Å²) < 4.78 is 5.42. The first-order valence-electron chi connectivity index (χ1n) is 9.46. The van der Waals surface area contributed by atoms with Gasteiger partial charge in [0.2, 0.25) is 0 Å². The second-order valence-electron chi connectivity index (χ2n) is 7.31. The smallest absolute Gasteiger partial charge is 0.407 e.